The Morgan fingerprint density at radius 1 is 2.00 bits per heavy atom. The number of hydrogen-bond acceptors (Lipinski definition) is 2. The van der Waals surface area contributed by atoms with Gasteiger partial charge in [0.2, 0.25) is 0 Å². The molecule has 0 amide bonds. The monoisotopic (exact) mass is 203 g/mol. The molecule has 0 rings (SSSR count). The van der Waals surface area contributed by atoms with E-state index >= 15 is 0 Å². The first-order valence-electron chi connectivity index (χ1n) is 0.801. The Bertz CT molecular complexity index is 42.2. The van der Waals surface area contributed by atoms with E-state index in [1.54, 1.807) is 0 Å². The summed E-state index contributed by atoms with van der Waals surface area (Å²) in [6, 6.07) is 0. The Morgan fingerprint density at radius 2 is 2.20 bits per heavy atom. The summed E-state index contributed by atoms with van der Waals surface area (Å²) in [4.78, 5) is 7.68. The molecule has 0 aromatic rings. The van der Waals surface area contributed by atoms with Crippen LogP contribution in [0.2, 0.25) is 0 Å². The second-order valence-corrected chi connectivity index (χ2v) is 2.83. The second-order valence-electron chi connectivity index (χ2n) is 0.343. The van der Waals surface area contributed by atoms with Gasteiger partial charge in [0, 0.05) is 0 Å². The van der Waals surface area contributed by atoms with Crippen LogP contribution in [0.15, 0.2) is 0 Å². The van der Waals surface area contributed by atoms with Crippen LogP contribution in [0, 0.1) is 0 Å². The zero-order valence-electron chi connectivity index (χ0n) is 2.29. The summed E-state index contributed by atoms with van der Waals surface area (Å²) in [5, 5.41) is 0. The van der Waals surface area contributed by atoms with Gasteiger partial charge in [0.25, 0.3) is 0 Å². The van der Waals surface area contributed by atoms with Gasteiger partial charge in [-0.3, -0.25) is 0 Å². The number of hydrogen-bond donors (Lipinski definition) is 1. The van der Waals surface area contributed by atoms with E-state index in [0.29, 0.717) is 23.4 Å². The predicted molar refractivity (Wildman–Crippen MR) is 19.5 cm³/mol. The summed E-state index contributed by atoms with van der Waals surface area (Å²) in [5.41, 5.74) is 0. The van der Waals surface area contributed by atoms with Crippen molar-refractivity contribution < 1.29 is 12.3 Å². The topological polar surface area (TPSA) is 46.5 Å². The van der Waals surface area contributed by atoms with Crippen molar-refractivity contribution in [2.75, 3.05) is 0 Å². The van der Waals surface area contributed by atoms with Gasteiger partial charge in [0.05, 0.1) is 0 Å². The molecule has 3 nitrogen and oxygen atoms in total. The third kappa shape index (κ3) is 4.84. The van der Waals surface area contributed by atoms with Crippen molar-refractivity contribution >= 4 is 31.7 Å². The van der Waals surface area contributed by atoms with E-state index in [1.165, 1.54) is 0 Å². The van der Waals surface area contributed by atoms with Gasteiger partial charge in [-0.1, -0.05) is 0 Å². The molecule has 0 spiro atoms. The molecule has 0 aliphatic rings. The van der Waals surface area contributed by atoms with Crippen LogP contribution in [0.3, 0.4) is 0 Å². The SMILES string of the molecule is O=[P+](O)[O][SbH2]. The van der Waals surface area contributed by atoms with Crippen molar-refractivity contribution in [3.63, 3.8) is 0 Å². The molecular formula is H3O3PSb+. The Kier molecular flexibility index (Phi) is 3.56. The molecule has 0 heterocycles. The molecular weight excluding hydrogens is 201 g/mol. The first-order chi connectivity index (χ1) is 2.27. The summed E-state index contributed by atoms with van der Waals surface area (Å²) in [6.07, 6.45) is 0. The van der Waals surface area contributed by atoms with E-state index in [0.717, 1.165) is 0 Å². The molecule has 0 aliphatic carbocycles. The molecule has 0 aromatic carbocycles. The van der Waals surface area contributed by atoms with Crippen molar-refractivity contribution in [1.29, 1.82) is 0 Å². The van der Waals surface area contributed by atoms with Gasteiger partial charge in [0.15, 0.2) is 0 Å². The van der Waals surface area contributed by atoms with Gasteiger partial charge in [-0.2, -0.15) is 0 Å². The average molecular weight is 204 g/mol. The van der Waals surface area contributed by atoms with Gasteiger partial charge >= 0.3 is 44.0 Å². The van der Waals surface area contributed by atoms with Gasteiger partial charge in [-0.05, 0) is 0 Å². The van der Waals surface area contributed by atoms with Crippen LogP contribution in [0.1, 0.15) is 0 Å². The molecule has 1 N–H and O–H groups in total. The van der Waals surface area contributed by atoms with E-state index < -0.39 is 8.25 Å². The van der Waals surface area contributed by atoms with E-state index in [4.69, 9.17) is 4.89 Å². The molecule has 5 heavy (non-hydrogen) atoms. The maximum atomic E-state index is 9.33. The third-order valence-corrected chi connectivity index (χ3v) is 1.81. The molecule has 0 aliphatic heterocycles. The van der Waals surface area contributed by atoms with Gasteiger partial charge < -0.3 is 0 Å². The van der Waals surface area contributed by atoms with E-state index in [1.807, 2.05) is 0 Å². The molecule has 0 bridgehead atoms. The summed E-state index contributed by atoms with van der Waals surface area (Å²) in [5.74, 6) is 0. The Morgan fingerprint density at radius 3 is 2.20 bits per heavy atom. The zero-order valence-corrected chi connectivity index (χ0v) is 6.48. The Balaban J connectivity index is 2.85. The molecule has 0 saturated carbocycles. The minimum atomic E-state index is -2.29. The standard InChI is InChI=1S/HO3P.Sb.2H/c1-4(2)3;;;/h(H,1,2,3);;;/q;+1;;. The Hall–Kier alpha value is 0.838. The fraction of sp³-hybridized carbons (Fsp3) is 0. The van der Waals surface area contributed by atoms with Gasteiger partial charge in [0.1, 0.15) is 0 Å². The first-order valence-corrected chi connectivity index (χ1v) is 3.28. The minimum absolute atomic E-state index is 0.393. The Labute approximate surface area is 44.3 Å². The van der Waals surface area contributed by atoms with Crippen LogP contribution < -0.4 is 0 Å². The fourth-order valence-electron chi connectivity index (χ4n) is 0. The molecule has 0 saturated heterocycles. The molecule has 0 radical (unpaired) electrons. The molecule has 5 heteroatoms. The zero-order chi connectivity index (χ0) is 4.28. The van der Waals surface area contributed by atoms with Crippen LogP contribution >= 0.6 is 8.25 Å². The fourth-order valence-corrected chi connectivity index (χ4v) is 0. The summed E-state index contributed by atoms with van der Waals surface area (Å²) >= 11 is 0.393. The van der Waals surface area contributed by atoms with E-state index in [-0.39, 0.29) is 0 Å². The first kappa shape index (κ1) is 5.84. The summed E-state index contributed by atoms with van der Waals surface area (Å²) in [7, 11) is -2.29. The quantitative estimate of drug-likeness (QED) is 0.449. The van der Waals surface area contributed by atoms with Gasteiger partial charge in [-0.25, -0.2) is 0 Å². The number of rotatable bonds is 1. The molecule has 0 fully saturated rings. The third-order valence-electron chi connectivity index (χ3n) is 0.0902. The van der Waals surface area contributed by atoms with Gasteiger partial charge in [-0.15, -0.1) is 0 Å². The van der Waals surface area contributed by atoms with Crippen LogP contribution in [-0.2, 0) is 7.37 Å². The van der Waals surface area contributed by atoms with E-state index in [9.17, 15) is 4.57 Å². The van der Waals surface area contributed by atoms with Crippen LogP contribution in [0.25, 0.3) is 0 Å². The van der Waals surface area contributed by atoms with E-state index in [2.05, 4.69) is 2.80 Å². The van der Waals surface area contributed by atoms with Crippen molar-refractivity contribution in [2.24, 2.45) is 0 Å². The maximum absolute atomic E-state index is 9.33. The van der Waals surface area contributed by atoms with Crippen LogP contribution in [0.5, 0.6) is 0 Å². The van der Waals surface area contributed by atoms with Crippen LogP contribution in [-0.4, -0.2) is 28.3 Å². The summed E-state index contributed by atoms with van der Waals surface area (Å²) in [6.45, 7) is 0. The molecule has 1 atom stereocenters. The van der Waals surface area contributed by atoms with Crippen molar-refractivity contribution in [3.05, 3.63) is 0 Å². The summed E-state index contributed by atoms with van der Waals surface area (Å²) < 4.78 is 13.3. The van der Waals surface area contributed by atoms with Crippen molar-refractivity contribution in [1.82, 2.24) is 0 Å². The molecule has 30 valence electrons. The molecule has 1 unspecified atom stereocenters. The second kappa shape index (κ2) is 3.04. The van der Waals surface area contributed by atoms with Crippen molar-refractivity contribution in [2.45, 2.75) is 0 Å². The van der Waals surface area contributed by atoms with Crippen LogP contribution in [0.4, 0.5) is 0 Å². The average Bonchev–Trinajstić information content (AvgIpc) is 1.38. The van der Waals surface area contributed by atoms with Crippen molar-refractivity contribution in [3.8, 4) is 0 Å². The molecule has 0 aromatic heterocycles. The normalized spacial score (nSPS) is 11.2. The predicted octanol–water partition coefficient (Wildman–Crippen LogP) is -0.799.